The summed E-state index contributed by atoms with van der Waals surface area (Å²) in [7, 11) is 0. The summed E-state index contributed by atoms with van der Waals surface area (Å²) in [5.74, 6) is -1.41. The maximum atomic E-state index is 12.4. The second kappa shape index (κ2) is 7.18. The lowest BCUT2D eigenvalue weighted by molar-refractivity contribution is 0.0696. The Morgan fingerprint density at radius 2 is 1.76 bits per heavy atom. The average Bonchev–Trinajstić information content (AvgIpc) is 2.92. The van der Waals surface area contributed by atoms with Crippen molar-refractivity contribution in [3.8, 4) is 0 Å². The van der Waals surface area contributed by atoms with Crippen molar-refractivity contribution >= 4 is 67.9 Å². The van der Waals surface area contributed by atoms with E-state index in [1.807, 2.05) is 24.3 Å². The number of carboxylic acids is 1. The van der Waals surface area contributed by atoms with Gasteiger partial charge in [0.15, 0.2) is 5.11 Å². The molecule has 0 aliphatic rings. The number of amides is 1. The minimum absolute atomic E-state index is 0.0987. The van der Waals surface area contributed by atoms with E-state index in [9.17, 15) is 9.59 Å². The van der Waals surface area contributed by atoms with Crippen molar-refractivity contribution in [2.75, 3.05) is 5.32 Å². The second-order valence-electron chi connectivity index (χ2n) is 5.03. The SMILES string of the molecule is O=C(O)c1ccc(NC(=S)NC(=O)c2sc3ccccc3c2Cl)cc1. The zero-order chi connectivity index (χ0) is 18.0. The number of thiocarbonyl (C=S) groups is 1. The largest absolute Gasteiger partial charge is 0.478 e. The lowest BCUT2D eigenvalue weighted by Gasteiger charge is -2.09. The summed E-state index contributed by atoms with van der Waals surface area (Å²) in [6.45, 7) is 0. The Morgan fingerprint density at radius 1 is 1.08 bits per heavy atom. The van der Waals surface area contributed by atoms with Gasteiger partial charge >= 0.3 is 5.97 Å². The number of hydrogen-bond donors (Lipinski definition) is 3. The van der Waals surface area contributed by atoms with Gasteiger partial charge in [-0.15, -0.1) is 11.3 Å². The van der Waals surface area contributed by atoms with Crippen LogP contribution >= 0.6 is 35.2 Å². The Labute approximate surface area is 157 Å². The minimum Gasteiger partial charge on any atom is -0.478 e. The van der Waals surface area contributed by atoms with Crippen molar-refractivity contribution in [3.05, 3.63) is 64.0 Å². The van der Waals surface area contributed by atoms with Crippen molar-refractivity contribution in [1.29, 1.82) is 0 Å². The molecule has 0 saturated heterocycles. The molecule has 0 spiro atoms. The molecule has 8 heteroatoms. The quantitative estimate of drug-likeness (QED) is 0.578. The Bertz CT molecular complexity index is 983. The maximum absolute atomic E-state index is 12.4. The van der Waals surface area contributed by atoms with Crippen LogP contribution in [0.4, 0.5) is 5.69 Å². The third-order valence-electron chi connectivity index (χ3n) is 3.36. The molecule has 1 aromatic heterocycles. The van der Waals surface area contributed by atoms with E-state index in [0.717, 1.165) is 10.1 Å². The van der Waals surface area contributed by atoms with Crippen LogP contribution in [0.3, 0.4) is 0 Å². The molecule has 1 amide bonds. The lowest BCUT2D eigenvalue weighted by atomic mass is 10.2. The highest BCUT2D eigenvalue weighted by Crippen LogP contribution is 2.34. The van der Waals surface area contributed by atoms with E-state index in [2.05, 4.69) is 10.6 Å². The third kappa shape index (κ3) is 3.79. The molecular formula is C17H11ClN2O3S2. The van der Waals surface area contributed by atoms with Gasteiger partial charge in [-0.2, -0.15) is 0 Å². The maximum Gasteiger partial charge on any atom is 0.335 e. The first-order valence-corrected chi connectivity index (χ1v) is 8.68. The van der Waals surface area contributed by atoms with Crippen LogP contribution in [0.5, 0.6) is 0 Å². The molecule has 2 aromatic carbocycles. The number of carbonyl (C=O) groups is 2. The van der Waals surface area contributed by atoms with E-state index in [4.69, 9.17) is 28.9 Å². The van der Waals surface area contributed by atoms with Crippen LogP contribution in [-0.2, 0) is 0 Å². The number of rotatable bonds is 3. The molecular weight excluding hydrogens is 380 g/mol. The molecule has 5 nitrogen and oxygen atoms in total. The number of hydrogen-bond acceptors (Lipinski definition) is 4. The standard InChI is InChI=1S/C17H11ClN2O3S2/c18-13-11-3-1-2-4-12(11)25-14(13)15(21)20-17(24)19-10-7-5-9(6-8-10)16(22)23/h1-8H,(H,22,23)(H2,19,20,21,24). The van der Waals surface area contributed by atoms with Crippen molar-refractivity contribution in [1.82, 2.24) is 5.32 Å². The Hall–Kier alpha value is -2.48. The molecule has 126 valence electrons. The fourth-order valence-corrected chi connectivity index (χ4v) is 3.80. The second-order valence-corrected chi connectivity index (χ2v) is 6.87. The molecule has 0 atom stereocenters. The number of carbonyl (C=O) groups excluding carboxylic acids is 1. The number of carboxylic acid groups (broad SMARTS) is 1. The fraction of sp³-hybridized carbons (Fsp3) is 0. The van der Waals surface area contributed by atoms with Gasteiger partial charge in [-0.25, -0.2) is 4.79 Å². The molecule has 3 aromatic rings. The Balaban J connectivity index is 1.70. The first kappa shape index (κ1) is 17.3. The molecule has 1 heterocycles. The van der Waals surface area contributed by atoms with Gasteiger partial charge in [0.25, 0.3) is 5.91 Å². The average molecular weight is 391 g/mol. The highest BCUT2D eigenvalue weighted by molar-refractivity contribution is 7.80. The zero-order valence-corrected chi connectivity index (χ0v) is 15.0. The van der Waals surface area contributed by atoms with E-state index < -0.39 is 11.9 Å². The van der Waals surface area contributed by atoms with Gasteiger partial charge in [0.05, 0.1) is 10.6 Å². The minimum atomic E-state index is -1.01. The molecule has 0 aliphatic carbocycles. The van der Waals surface area contributed by atoms with Crippen LogP contribution in [0.2, 0.25) is 5.02 Å². The van der Waals surface area contributed by atoms with Gasteiger partial charge in [-0.1, -0.05) is 29.8 Å². The number of anilines is 1. The topological polar surface area (TPSA) is 78.4 Å². The summed E-state index contributed by atoms with van der Waals surface area (Å²) in [5, 5.41) is 15.6. The number of nitrogens with one attached hydrogen (secondary N) is 2. The van der Waals surface area contributed by atoms with Crippen LogP contribution in [0, 0.1) is 0 Å². The summed E-state index contributed by atoms with van der Waals surface area (Å²) in [4.78, 5) is 23.6. The van der Waals surface area contributed by atoms with Crippen molar-refractivity contribution in [2.24, 2.45) is 0 Å². The van der Waals surface area contributed by atoms with E-state index in [1.165, 1.54) is 23.5 Å². The lowest BCUT2D eigenvalue weighted by Crippen LogP contribution is -2.33. The number of fused-ring (bicyclic) bond motifs is 1. The Morgan fingerprint density at radius 3 is 2.40 bits per heavy atom. The van der Waals surface area contributed by atoms with E-state index in [1.54, 1.807) is 12.1 Å². The molecule has 25 heavy (non-hydrogen) atoms. The Kier molecular flexibility index (Phi) is 4.98. The van der Waals surface area contributed by atoms with Gasteiger partial charge < -0.3 is 10.4 Å². The molecule has 3 N–H and O–H groups in total. The van der Waals surface area contributed by atoms with Crippen molar-refractivity contribution in [3.63, 3.8) is 0 Å². The highest BCUT2D eigenvalue weighted by Gasteiger charge is 2.17. The van der Waals surface area contributed by atoms with Gasteiger partial charge in [0.1, 0.15) is 4.88 Å². The van der Waals surface area contributed by atoms with Gasteiger partial charge in [0, 0.05) is 15.8 Å². The molecule has 3 rings (SSSR count). The van der Waals surface area contributed by atoms with Gasteiger partial charge in [-0.05, 0) is 42.5 Å². The molecule has 0 fully saturated rings. The number of thiophene rings is 1. The van der Waals surface area contributed by atoms with E-state index >= 15 is 0 Å². The monoisotopic (exact) mass is 390 g/mol. The summed E-state index contributed by atoms with van der Waals surface area (Å²) in [6, 6.07) is 13.5. The predicted molar refractivity (Wildman–Crippen MR) is 104 cm³/mol. The summed E-state index contributed by atoms with van der Waals surface area (Å²) < 4.78 is 0.917. The highest BCUT2D eigenvalue weighted by atomic mass is 35.5. The molecule has 0 bridgehead atoms. The van der Waals surface area contributed by atoms with Crippen molar-refractivity contribution in [2.45, 2.75) is 0 Å². The summed E-state index contributed by atoms with van der Waals surface area (Å²) >= 11 is 12.7. The van der Waals surface area contributed by atoms with Crippen LogP contribution in [0.15, 0.2) is 48.5 Å². The smallest absolute Gasteiger partial charge is 0.335 e. The molecule has 0 saturated carbocycles. The number of halogens is 1. The van der Waals surface area contributed by atoms with Gasteiger partial charge in [0.2, 0.25) is 0 Å². The summed E-state index contributed by atoms with van der Waals surface area (Å²) in [5.41, 5.74) is 0.732. The first-order chi connectivity index (χ1) is 12.0. The van der Waals surface area contributed by atoms with Crippen LogP contribution in [0.1, 0.15) is 20.0 Å². The van der Waals surface area contributed by atoms with Gasteiger partial charge in [-0.3, -0.25) is 10.1 Å². The van der Waals surface area contributed by atoms with E-state index in [0.29, 0.717) is 15.6 Å². The number of aromatic carboxylic acids is 1. The molecule has 0 unspecified atom stereocenters. The normalized spacial score (nSPS) is 10.4. The van der Waals surface area contributed by atoms with Crippen LogP contribution < -0.4 is 10.6 Å². The molecule has 0 radical (unpaired) electrons. The van der Waals surface area contributed by atoms with E-state index in [-0.39, 0.29) is 10.7 Å². The predicted octanol–water partition coefficient (Wildman–Crippen LogP) is 4.38. The number of benzene rings is 2. The fourth-order valence-electron chi connectivity index (χ4n) is 2.18. The first-order valence-electron chi connectivity index (χ1n) is 7.08. The molecule has 0 aliphatic heterocycles. The third-order valence-corrected chi connectivity index (χ3v) is 5.24. The van der Waals surface area contributed by atoms with Crippen LogP contribution in [-0.4, -0.2) is 22.1 Å². The van der Waals surface area contributed by atoms with Crippen LogP contribution in [0.25, 0.3) is 10.1 Å². The summed E-state index contributed by atoms with van der Waals surface area (Å²) in [6.07, 6.45) is 0. The zero-order valence-electron chi connectivity index (χ0n) is 12.6. The van der Waals surface area contributed by atoms with Crippen molar-refractivity contribution < 1.29 is 14.7 Å².